The van der Waals surface area contributed by atoms with Crippen LogP contribution in [0.3, 0.4) is 0 Å². The molecule has 0 heterocycles. The Bertz CT molecular complexity index is 294. The molecule has 0 radical (unpaired) electrons. The molecule has 0 aromatic carbocycles. The summed E-state index contributed by atoms with van der Waals surface area (Å²) in [4.78, 5) is 22.5. The van der Waals surface area contributed by atoms with Crippen LogP contribution in [0.5, 0.6) is 0 Å². The van der Waals surface area contributed by atoms with Crippen LogP contribution in [0, 0.1) is 11.8 Å². The minimum Gasteiger partial charge on any atom is -0.480 e. The molecular formula is C13H24N2O3. The standard InChI is InChI=1S/C13H24N2O3/c1-3-4-11(12(16)17)15-13(18)14-8-10-6-5-9(2)7-10/h9-11H,3-8H2,1-2H3,(H,16,17)(H2,14,15,18)/t9?,10?,11-/m1/s1. The Morgan fingerprint density at radius 1 is 1.39 bits per heavy atom. The van der Waals surface area contributed by atoms with Crippen molar-refractivity contribution in [3.63, 3.8) is 0 Å². The van der Waals surface area contributed by atoms with Crippen molar-refractivity contribution in [2.45, 2.75) is 52.0 Å². The average molecular weight is 256 g/mol. The molecule has 0 aliphatic heterocycles. The third-order valence-corrected chi connectivity index (χ3v) is 3.54. The monoisotopic (exact) mass is 256 g/mol. The SMILES string of the molecule is CCC[C@@H](NC(=O)NCC1CCC(C)C1)C(=O)O. The molecule has 0 saturated heterocycles. The Hall–Kier alpha value is -1.26. The molecule has 2 unspecified atom stereocenters. The fourth-order valence-corrected chi connectivity index (χ4v) is 2.50. The molecule has 0 bridgehead atoms. The Morgan fingerprint density at radius 2 is 2.11 bits per heavy atom. The van der Waals surface area contributed by atoms with Crippen LogP contribution in [0.15, 0.2) is 0 Å². The maximum absolute atomic E-state index is 11.6. The van der Waals surface area contributed by atoms with E-state index in [1.54, 1.807) is 0 Å². The first kappa shape index (κ1) is 14.8. The largest absolute Gasteiger partial charge is 0.480 e. The van der Waals surface area contributed by atoms with E-state index < -0.39 is 12.0 Å². The number of carboxylic acid groups (broad SMARTS) is 1. The van der Waals surface area contributed by atoms with E-state index in [0.717, 1.165) is 25.2 Å². The van der Waals surface area contributed by atoms with Gasteiger partial charge in [0.15, 0.2) is 0 Å². The third-order valence-electron chi connectivity index (χ3n) is 3.54. The molecule has 1 aliphatic rings. The van der Waals surface area contributed by atoms with Crippen LogP contribution >= 0.6 is 0 Å². The van der Waals surface area contributed by atoms with Crippen molar-refractivity contribution in [2.75, 3.05) is 6.54 Å². The highest BCUT2D eigenvalue weighted by atomic mass is 16.4. The predicted octanol–water partition coefficient (Wildman–Crippen LogP) is 1.98. The number of amides is 2. The first-order chi connectivity index (χ1) is 8.52. The number of hydrogen-bond donors (Lipinski definition) is 3. The van der Waals surface area contributed by atoms with Gasteiger partial charge in [0.2, 0.25) is 0 Å². The van der Waals surface area contributed by atoms with Gasteiger partial charge in [-0.15, -0.1) is 0 Å². The molecule has 1 aliphatic carbocycles. The summed E-state index contributed by atoms with van der Waals surface area (Å²) in [7, 11) is 0. The molecule has 5 heteroatoms. The molecule has 104 valence electrons. The fourth-order valence-electron chi connectivity index (χ4n) is 2.50. The first-order valence-electron chi connectivity index (χ1n) is 6.80. The number of aliphatic carboxylic acids is 1. The minimum atomic E-state index is -0.971. The molecule has 0 aromatic rings. The number of hydrogen-bond acceptors (Lipinski definition) is 2. The van der Waals surface area contributed by atoms with Gasteiger partial charge in [0.1, 0.15) is 6.04 Å². The molecule has 0 aromatic heterocycles. The maximum atomic E-state index is 11.6. The Labute approximate surface area is 108 Å². The number of urea groups is 1. The van der Waals surface area contributed by atoms with Crippen molar-refractivity contribution in [3.8, 4) is 0 Å². The summed E-state index contributed by atoms with van der Waals surface area (Å²) in [5.41, 5.74) is 0. The lowest BCUT2D eigenvalue weighted by Crippen LogP contribution is -2.46. The van der Waals surface area contributed by atoms with Gasteiger partial charge >= 0.3 is 12.0 Å². The molecular weight excluding hydrogens is 232 g/mol. The van der Waals surface area contributed by atoms with Gasteiger partial charge in [0.05, 0.1) is 0 Å². The summed E-state index contributed by atoms with van der Waals surface area (Å²) < 4.78 is 0. The van der Waals surface area contributed by atoms with Gasteiger partial charge in [-0.05, 0) is 31.1 Å². The molecule has 3 atom stereocenters. The highest BCUT2D eigenvalue weighted by Crippen LogP contribution is 2.29. The summed E-state index contributed by atoms with van der Waals surface area (Å²) in [6.45, 7) is 4.77. The fraction of sp³-hybridized carbons (Fsp3) is 0.846. The van der Waals surface area contributed by atoms with E-state index in [-0.39, 0.29) is 6.03 Å². The van der Waals surface area contributed by atoms with E-state index in [2.05, 4.69) is 17.6 Å². The van der Waals surface area contributed by atoms with Crippen LogP contribution in [-0.2, 0) is 4.79 Å². The van der Waals surface area contributed by atoms with Crippen molar-refractivity contribution in [2.24, 2.45) is 11.8 Å². The van der Waals surface area contributed by atoms with Gasteiger partial charge < -0.3 is 15.7 Å². The van der Waals surface area contributed by atoms with Crippen molar-refractivity contribution in [1.29, 1.82) is 0 Å². The zero-order valence-corrected chi connectivity index (χ0v) is 11.2. The van der Waals surface area contributed by atoms with Gasteiger partial charge in [0, 0.05) is 6.54 Å². The highest BCUT2D eigenvalue weighted by molar-refractivity contribution is 5.82. The van der Waals surface area contributed by atoms with Crippen molar-refractivity contribution < 1.29 is 14.7 Å². The Kier molecular flexibility index (Phi) is 5.95. The predicted molar refractivity (Wildman–Crippen MR) is 69.4 cm³/mol. The van der Waals surface area contributed by atoms with Crippen LogP contribution in [0.25, 0.3) is 0 Å². The quantitative estimate of drug-likeness (QED) is 0.680. The van der Waals surface area contributed by atoms with Crippen LogP contribution in [0.4, 0.5) is 4.79 Å². The normalized spacial score (nSPS) is 24.6. The lowest BCUT2D eigenvalue weighted by Gasteiger charge is -2.16. The second kappa shape index (κ2) is 7.24. The molecule has 5 nitrogen and oxygen atoms in total. The Morgan fingerprint density at radius 3 is 2.61 bits per heavy atom. The molecule has 18 heavy (non-hydrogen) atoms. The lowest BCUT2D eigenvalue weighted by atomic mass is 10.1. The van der Waals surface area contributed by atoms with Crippen LogP contribution in [0.2, 0.25) is 0 Å². The zero-order valence-electron chi connectivity index (χ0n) is 11.2. The van der Waals surface area contributed by atoms with Crippen LogP contribution in [0.1, 0.15) is 46.0 Å². The van der Waals surface area contributed by atoms with Crippen molar-refractivity contribution >= 4 is 12.0 Å². The zero-order chi connectivity index (χ0) is 13.5. The number of carbonyl (C=O) groups excluding carboxylic acids is 1. The minimum absolute atomic E-state index is 0.365. The van der Waals surface area contributed by atoms with E-state index in [1.807, 2.05) is 6.92 Å². The lowest BCUT2D eigenvalue weighted by molar-refractivity contribution is -0.139. The van der Waals surface area contributed by atoms with E-state index >= 15 is 0 Å². The van der Waals surface area contributed by atoms with Crippen molar-refractivity contribution in [3.05, 3.63) is 0 Å². The Balaban J connectivity index is 2.25. The summed E-state index contributed by atoms with van der Waals surface area (Å²) in [5, 5.41) is 14.2. The smallest absolute Gasteiger partial charge is 0.326 e. The van der Waals surface area contributed by atoms with Crippen LogP contribution < -0.4 is 10.6 Å². The summed E-state index contributed by atoms with van der Waals surface area (Å²) in [6.07, 6.45) is 4.72. The van der Waals surface area contributed by atoms with E-state index in [1.165, 1.54) is 6.42 Å². The molecule has 1 rings (SSSR count). The summed E-state index contributed by atoms with van der Waals surface area (Å²) in [6, 6.07) is -1.15. The van der Waals surface area contributed by atoms with Gasteiger partial charge in [-0.3, -0.25) is 0 Å². The number of carbonyl (C=O) groups is 2. The second-order valence-corrected chi connectivity index (χ2v) is 5.32. The van der Waals surface area contributed by atoms with E-state index in [0.29, 0.717) is 18.9 Å². The molecule has 1 fully saturated rings. The average Bonchev–Trinajstić information content (AvgIpc) is 2.72. The van der Waals surface area contributed by atoms with Gasteiger partial charge in [-0.25, -0.2) is 9.59 Å². The molecule has 0 spiro atoms. The molecule has 1 saturated carbocycles. The van der Waals surface area contributed by atoms with Crippen molar-refractivity contribution in [1.82, 2.24) is 10.6 Å². The number of rotatable bonds is 6. The summed E-state index contributed by atoms with van der Waals surface area (Å²) in [5.74, 6) is 0.313. The first-order valence-corrected chi connectivity index (χ1v) is 6.80. The topological polar surface area (TPSA) is 78.4 Å². The van der Waals surface area contributed by atoms with Gasteiger partial charge in [-0.1, -0.05) is 26.7 Å². The number of nitrogens with one attached hydrogen (secondary N) is 2. The molecule has 3 N–H and O–H groups in total. The summed E-state index contributed by atoms with van der Waals surface area (Å²) >= 11 is 0. The number of carboxylic acids is 1. The van der Waals surface area contributed by atoms with Gasteiger partial charge in [0.25, 0.3) is 0 Å². The van der Waals surface area contributed by atoms with E-state index in [4.69, 9.17) is 5.11 Å². The van der Waals surface area contributed by atoms with E-state index in [9.17, 15) is 9.59 Å². The highest BCUT2D eigenvalue weighted by Gasteiger charge is 2.23. The third kappa shape index (κ3) is 4.94. The maximum Gasteiger partial charge on any atom is 0.326 e. The molecule has 2 amide bonds. The van der Waals surface area contributed by atoms with Crippen LogP contribution in [-0.4, -0.2) is 29.7 Å². The second-order valence-electron chi connectivity index (χ2n) is 5.32. The van der Waals surface area contributed by atoms with Gasteiger partial charge in [-0.2, -0.15) is 0 Å².